The third kappa shape index (κ3) is 2.45. The monoisotopic (exact) mass is 310 g/mol. The number of ketones is 1. The number of nitrogens with zero attached hydrogens (tertiary/aromatic N) is 2. The quantitative estimate of drug-likeness (QED) is 0.816. The Balaban J connectivity index is 2.50. The van der Waals surface area contributed by atoms with Crippen LogP contribution in [0.15, 0.2) is 22.0 Å². The van der Waals surface area contributed by atoms with E-state index < -0.39 is 0 Å². The van der Waals surface area contributed by atoms with E-state index in [9.17, 15) is 4.79 Å². The largest absolute Gasteiger partial charge is 0.288 e. The molecule has 0 radical (unpaired) electrons. The first-order valence-electron chi connectivity index (χ1n) is 5.24. The molecule has 0 amide bonds. The van der Waals surface area contributed by atoms with Gasteiger partial charge in [-0.25, -0.2) is 0 Å². The average Bonchev–Trinajstić information content (AvgIpc) is 2.74. The van der Waals surface area contributed by atoms with Gasteiger partial charge in [0, 0.05) is 10.0 Å². The van der Waals surface area contributed by atoms with Gasteiger partial charge in [0.2, 0.25) is 5.78 Å². The maximum absolute atomic E-state index is 12.4. The highest BCUT2D eigenvalue weighted by atomic mass is 79.9. The van der Waals surface area contributed by atoms with Crippen molar-refractivity contribution in [3.8, 4) is 0 Å². The molecule has 0 aliphatic carbocycles. The second-order valence-corrected chi connectivity index (χ2v) is 5.40. The third-order valence-corrected chi connectivity index (χ3v) is 4.23. The number of aryl methyl sites for hydroxylation is 2. The summed E-state index contributed by atoms with van der Waals surface area (Å²) in [6.07, 6.45) is 0.706. The number of rotatable bonds is 3. The van der Waals surface area contributed by atoms with Crippen molar-refractivity contribution in [1.29, 1.82) is 0 Å². The van der Waals surface area contributed by atoms with E-state index in [1.54, 1.807) is 6.07 Å². The van der Waals surface area contributed by atoms with Crippen LogP contribution in [0.25, 0.3) is 0 Å². The third-order valence-electron chi connectivity index (χ3n) is 2.40. The fraction of sp³-hybridized carbons (Fsp3) is 0.250. The summed E-state index contributed by atoms with van der Waals surface area (Å²) in [5.41, 5.74) is 2.17. The molecule has 0 fully saturated rings. The molecule has 0 aliphatic rings. The Labute approximate surface area is 112 Å². The molecule has 2 aromatic heterocycles. The summed E-state index contributed by atoms with van der Waals surface area (Å²) < 4.78 is 0.837. The van der Waals surface area contributed by atoms with Crippen molar-refractivity contribution in [1.82, 2.24) is 10.2 Å². The molecule has 0 unspecified atom stereocenters. The van der Waals surface area contributed by atoms with E-state index >= 15 is 0 Å². The standard InChI is InChI=1S/C12H11BrN2OS/c1-3-10-8(6-7(2)14-15-10)11(16)12-9(13)4-5-17-12/h4-6H,3H2,1-2H3. The van der Waals surface area contributed by atoms with E-state index in [1.807, 2.05) is 25.3 Å². The minimum Gasteiger partial charge on any atom is -0.288 e. The minimum atomic E-state index is 0.0155. The second kappa shape index (κ2) is 5.06. The summed E-state index contributed by atoms with van der Waals surface area (Å²) in [6.45, 7) is 3.81. The molecule has 0 saturated heterocycles. The Morgan fingerprint density at radius 2 is 2.24 bits per heavy atom. The molecule has 2 rings (SSSR count). The van der Waals surface area contributed by atoms with Crippen LogP contribution in [-0.4, -0.2) is 16.0 Å². The fourth-order valence-electron chi connectivity index (χ4n) is 1.55. The van der Waals surface area contributed by atoms with Crippen molar-refractivity contribution in [3.05, 3.63) is 43.8 Å². The van der Waals surface area contributed by atoms with Crippen LogP contribution in [0.3, 0.4) is 0 Å². The molecule has 2 aromatic rings. The van der Waals surface area contributed by atoms with Crippen molar-refractivity contribution in [2.24, 2.45) is 0 Å². The van der Waals surface area contributed by atoms with Gasteiger partial charge >= 0.3 is 0 Å². The molecule has 0 N–H and O–H groups in total. The molecule has 2 heterocycles. The summed E-state index contributed by atoms with van der Waals surface area (Å²) in [6, 6.07) is 3.69. The average molecular weight is 311 g/mol. The summed E-state index contributed by atoms with van der Waals surface area (Å²) in [7, 11) is 0. The Kier molecular flexibility index (Phi) is 3.69. The molecular formula is C12H11BrN2OS. The van der Waals surface area contributed by atoms with Crippen LogP contribution in [0.4, 0.5) is 0 Å². The summed E-state index contributed by atoms with van der Waals surface area (Å²) in [4.78, 5) is 13.1. The number of hydrogen-bond donors (Lipinski definition) is 0. The number of carbonyl (C=O) groups excluding carboxylic acids is 1. The SMILES string of the molecule is CCc1nnc(C)cc1C(=O)c1sccc1Br. The smallest absolute Gasteiger partial charge is 0.206 e. The van der Waals surface area contributed by atoms with Crippen molar-refractivity contribution < 1.29 is 4.79 Å². The first kappa shape index (κ1) is 12.4. The van der Waals surface area contributed by atoms with Crippen molar-refractivity contribution >= 4 is 33.0 Å². The lowest BCUT2D eigenvalue weighted by atomic mass is 10.1. The molecule has 0 saturated carbocycles. The van der Waals surface area contributed by atoms with Gasteiger partial charge in [-0.05, 0) is 46.8 Å². The van der Waals surface area contributed by atoms with Crippen molar-refractivity contribution in [2.45, 2.75) is 20.3 Å². The predicted octanol–water partition coefficient (Wildman–Crippen LogP) is 3.40. The fourth-order valence-corrected chi connectivity index (χ4v) is 3.06. The maximum Gasteiger partial charge on any atom is 0.206 e. The highest BCUT2D eigenvalue weighted by Gasteiger charge is 2.18. The highest BCUT2D eigenvalue weighted by molar-refractivity contribution is 9.10. The molecule has 0 atom stereocenters. The number of thiophene rings is 1. The lowest BCUT2D eigenvalue weighted by Crippen LogP contribution is -2.08. The summed E-state index contributed by atoms with van der Waals surface area (Å²) in [5.74, 6) is 0.0155. The van der Waals surface area contributed by atoms with Gasteiger partial charge < -0.3 is 0 Å². The summed E-state index contributed by atoms with van der Waals surface area (Å²) >= 11 is 4.82. The second-order valence-electron chi connectivity index (χ2n) is 3.63. The highest BCUT2D eigenvalue weighted by Crippen LogP contribution is 2.26. The number of carbonyl (C=O) groups is 1. The zero-order valence-electron chi connectivity index (χ0n) is 9.53. The predicted molar refractivity (Wildman–Crippen MR) is 71.6 cm³/mol. The van der Waals surface area contributed by atoms with E-state index in [-0.39, 0.29) is 5.78 Å². The lowest BCUT2D eigenvalue weighted by molar-refractivity contribution is 0.104. The topological polar surface area (TPSA) is 42.9 Å². The Morgan fingerprint density at radius 3 is 2.82 bits per heavy atom. The first-order valence-corrected chi connectivity index (χ1v) is 6.91. The van der Waals surface area contributed by atoms with Crippen LogP contribution in [0.5, 0.6) is 0 Å². The van der Waals surface area contributed by atoms with Gasteiger partial charge in [-0.1, -0.05) is 6.92 Å². The van der Waals surface area contributed by atoms with Gasteiger partial charge in [-0.2, -0.15) is 10.2 Å². The van der Waals surface area contributed by atoms with Crippen LogP contribution < -0.4 is 0 Å². The van der Waals surface area contributed by atoms with E-state index in [1.165, 1.54) is 11.3 Å². The van der Waals surface area contributed by atoms with Crippen LogP contribution in [-0.2, 0) is 6.42 Å². The van der Waals surface area contributed by atoms with Gasteiger partial charge in [0.15, 0.2) is 0 Å². The minimum absolute atomic E-state index is 0.0155. The zero-order chi connectivity index (χ0) is 12.4. The van der Waals surface area contributed by atoms with E-state index in [0.29, 0.717) is 16.9 Å². The molecule has 0 spiro atoms. The van der Waals surface area contributed by atoms with Crippen molar-refractivity contribution in [3.63, 3.8) is 0 Å². The molecule has 17 heavy (non-hydrogen) atoms. The van der Waals surface area contributed by atoms with Gasteiger partial charge in [-0.3, -0.25) is 4.79 Å². The molecule has 3 nitrogen and oxygen atoms in total. The zero-order valence-corrected chi connectivity index (χ0v) is 11.9. The van der Waals surface area contributed by atoms with Gasteiger partial charge in [0.25, 0.3) is 0 Å². The van der Waals surface area contributed by atoms with E-state index in [2.05, 4.69) is 26.1 Å². The van der Waals surface area contributed by atoms with Gasteiger partial charge in [0.1, 0.15) is 0 Å². The van der Waals surface area contributed by atoms with Crippen molar-refractivity contribution in [2.75, 3.05) is 0 Å². The summed E-state index contributed by atoms with van der Waals surface area (Å²) in [5, 5.41) is 9.96. The molecule has 0 aliphatic heterocycles. The van der Waals surface area contributed by atoms with Crippen LogP contribution in [0, 0.1) is 6.92 Å². The molecule has 5 heteroatoms. The molecular weight excluding hydrogens is 300 g/mol. The van der Waals surface area contributed by atoms with Crippen LogP contribution in [0.2, 0.25) is 0 Å². The van der Waals surface area contributed by atoms with Crippen LogP contribution >= 0.6 is 27.3 Å². The number of aromatic nitrogens is 2. The van der Waals surface area contributed by atoms with E-state index in [4.69, 9.17) is 0 Å². The Morgan fingerprint density at radius 1 is 1.47 bits per heavy atom. The maximum atomic E-state index is 12.4. The Bertz CT molecular complexity index is 565. The Hall–Kier alpha value is -1.07. The first-order chi connectivity index (χ1) is 8.13. The van der Waals surface area contributed by atoms with Gasteiger partial charge in [0.05, 0.1) is 16.3 Å². The molecule has 88 valence electrons. The number of hydrogen-bond acceptors (Lipinski definition) is 4. The number of halogens is 1. The van der Waals surface area contributed by atoms with Crippen LogP contribution in [0.1, 0.15) is 33.5 Å². The van der Waals surface area contributed by atoms with E-state index in [0.717, 1.165) is 15.9 Å². The normalized spacial score (nSPS) is 10.5. The lowest BCUT2D eigenvalue weighted by Gasteiger charge is -2.05. The van der Waals surface area contributed by atoms with Gasteiger partial charge in [-0.15, -0.1) is 11.3 Å². The molecule has 0 aromatic carbocycles. The molecule has 0 bridgehead atoms.